The highest BCUT2D eigenvalue weighted by molar-refractivity contribution is 6.41. The topological polar surface area (TPSA) is 47.6 Å². The Morgan fingerprint density at radius 2 is 1.86 bits per heavy atom. The molecule has 0 aromatic heterocycles. The summed E-state index contributed by atoms with van der Waals surface area (Å²) in [5, 5.41) is 0.0844. The van der Waals surface area contributed by atoms with Crippen molar-refractivity contribution in [1.82, 2.24) is 0 Å². The van der Waals surface area contributed by atoms with E-state index in [-0.39, 0.29) is 20.8 Å². The van der Waals surface area contributed by atoms with Crippen molar-refractivity contribution in [2.45, 2.75) is 6.18 Å². The number of nitrogens with zero attached hydrogens (tertiary/aromatic N) is 1. The maximum atomic E-state index is 12.9. The average molecular weight is 372 g/mol. The average Bonchev–Trinajstić information content (AvgIpc) is 2.38. The number of alkyl halides is 3. The second kappa shape index (κ2) is 7.63. The third-order valence-electron chi connectivity index (χ3n) is 2.19. The van der Waals surface area contributed by atoms with Gasteiger partial charge in [0.15, 0.2) is 6.61 Å². The summed E-state index contributed by atoms with van der Waals surface area (Å²) in [6.07, 6.45) is 0.484. The molecule has 0 atom stereocenters. The molecular formula is C13H8Cl3F3N2O. The summed E-state index contributed by atoms with van der Waals surface area (Å²) in [6.45, 7) is -0.449. The van der Waals surface area contributed by atoms with E-state index in [0.29, 0.717) is 6.20 Å². The second-order valence-corrected chi connectivity index (χ2v) is 4.96. The molecule has 0 aliphatic carbocycles. The molecule has 2 N–H and O–H groups in total. The van der Waals surface area contributed by atoms with E-state index in [1.54, 1.807) is 0 Å². The first-order valence-corrected chi connectivity index (χ1v) is 6.63. The molecular weight excluding hydrogens is 364 g/mol. The molecule has 0 fully saturated rings. The molecule has 22 heavy (non-hydrogen) atoms. The Labute approximate surface area is 139 Å². The number of benzene rings is 1. The van der Waals surface area contributed by atoms with Gasteiger partial charge in [0.2, 0.25) is 5.90 Å². The van der Waals surface area contributed by atoms with E-state index in [2.05, 4.69) is 4.99 Å². The van der Waals surface area contributed by atoms with Crippen LogP contribution in [0.4, 0.5) is 18.9 Å². The van der Waals surface area contributed by atoms with Gasteiger partial charge in [0, 0.05) is 11.2 Å². The maximum absolute atomic E-state index is 12.9. The molecule has 0 spiro atoms. The minimum atomic E-state index is -4.80. The summed E-state index contributed by atoms with van der Waals surface area (Å²) in [5.74, 6) is 1.18. The van der Waals surface area contributed by atoms with Gasteiger partial charge in [-0.1, -0.05) is 40.7 Å². The number of aliphatic imine (C=N–C) groups is 1. The molecule has 1 aromatic carbocycles. The van der Waals surface area contributed by atoms with E-state index >= 15 is 0 Å². The Kier molecular flexibility index (Phi) is 6.42. The van der Waals surface area contributed by atoms with E-state index in [4.69, 9.17) is 51.7 Å². The van der Waals surface area contributed by atoms with Crippen LogP contribution in [0.1, 0.15) is 0 Å². The summed E-state index contributed by atoms with van der Waals surface area (Å²) in [6, 6.07) is 2.54. The van der Waals surface area contributed by atoms with Crippen molar-refractivity contribution in [3.63, 3.8) is 0 Å². The lowest BCUT2D eigenvalue weighted by Gasteiger charge is -2.14. The first-order valence-electron chi connectivity index (χ1n) is 5.49. The lowest BCUT2D eigenvalue weighted by molar-refractivity contribution is -0.0878. The predicted octanol–water partition coefficient (Wildman–Crippen LogP) is 4.73. The van der Waals surface area contributed by atoms with Crippen LogP contribution in [0.2, 0.25) is 15.1 Å². The Hall–Kier alpha value is -1.55. The summed E-state index contributed by atoms with van der Waals surface area (Å²) < 4.78 is 43.6. The fourth-order valence-electron chi connectivity index (χ4n) is 1.31. The SMILES string of the molecule is C#CCOC(=Nc1c(Cl)cc(Cl)cc1Cl)C(=CN)C(F)(F)F. The minimum absolute atomic E-state index is 0.0575. The number of hydrogen-bond donors (Lipinski definition) is 1. The smallest absolute Gasteiger partial charge is 0.422 e. The van der Waals surface area contributed by atoms with Crippen LogP contribution in [0.25, 0.3) is 0 Å². The number of hydrogen-bond acceptors (Lipinski definition) is 3. The van der Waals surface area contributed by atoms with E-state index in [1.165, 1.54) is 12.1 Å². The summed E-state index contributed by atoms with van der Waals surface area (Å²) in [7, 11) is 0. The molecule has 1 aromatic rings. The van der Waals surface area contributed by atoms with Crippen LogP contribution in [-0.2, 0) is 4.74 Å². The molecule has 0 radical (unpaired) electrons. The van der Waals surface area contributed by atoms with Crippen LogP contribution in [0.3, 0.4) is 0 Å². The molecule has 0 saturated heterocycles. The van der Waals surface area contributed by atoms with Crippen LogP contribution in [0, 0.1) is 12.3 Å². The molecule has 0 heterocycles. The highest BCUT2D eigenvalue weighted by Gasteiger charge is 2.38. The predicted molar refractivity (Wildman–Crippen MR) is 81.7 cm³/mol. The molecule has 0 unspecified atom stereocenters. The number of halogens is 6. The van der Waals surface area contributed by atoms with Crippen molar-refractivity contribution in [2.24, 2.45) is 10.7 Å². The van der Waals surface area contributed by atoms with Gasteiger partial charge in [0.05, 0.1) is 10.0 Å². The van der Waals surface area contributed by atoms with Crippen LogP contribution in [0.5, 0.6) is 0 Å². The minimum Gasteiger partial charge on any atom is -0.464 e. The lowest BCUT2D eigenvalue weighted by Crippen LogP contribution is -2.23. The molecule has 0 aliphatic heterocycles. The van der Waals surface area contributed by atoms with Crippen LogP contribution in [-0.4, -0.2) is 18.7 Å². The number of nitrogens with two attached hydrogens (primary N) is 1. The van der Waals surface area contributed by atoms with Gasteiger partial charge in [0.1, 0.15) is 11.3 Å². The zero-order valence-electron chi connectivity index (χ0n) is 10.7. The third kappa shape index (κ3) is 4.73. The first kappa shape index (κ1) is 18.5. The summed E-state index contributed by atoms with van der Waals surface area (Å²) in [5.41, 5.74) is 3.54. The highest BCUT2D eigenvalue weighted by Crippen LogP contribution is 2.37. The summed E-state index contributed by atoms with van der Waals surface area (Å²) >= 11 is 17.5. The van der Waals surface area contributed by atoms with Crippen LogP contribution >= 0.6 is 34.8 Å². The Morgan fingerprint density at radius 1 is 1.32 bits per heavy atom. The molecule has 0 saturated carbocycles. The first-order chi connectivity index (χ1) is 10.2. The Balaban J connectivity index is 3.44. The van der Waals surface area contributed by atoms with Crippen molar-refractivity contribution in [3.05, 3.63) is 39.0 Å². The third-order valence-corrected chi connectivity index (χ3v) is 2.98. The molecule has 3 nitrogen and oxygen atoms in total. The standard InChI is InChI=1S/C13H8Cl3F3N2O/c1-2-3-22-12(8(6-20)13(17,18)19)21-11-9(15)4-7(14)5-10(11)16/h1,4-6H,3,20H2. The van der Waals surface area contributed by atoms with Crippen molar-refractivity contribution in [2.75, 3.05) is 6.61 Å². The van der Waals surface area contributed by atoms with Crippen molar-refractivity contribution in [3.8, 4) is 12.3 Å². The number of rotatable bonds is 3. The van der Waals surface area contributed by atoms with Gasteiger partial charge in [-0.3, -0.25) is 0 Å². The van der Waals surface area contributed by atoms with Crippen LogP contribution in [0.15, 0.2) is 28.9 Å². The maximum Gasteiger partial charge on any atom is 0.422 e. The quantitative estimate of drug-likeness (QED) is 0.474. The van der Waals surface area contributed by atoms with Crippen molar-refractivity contribution in [1.29, 1.82) is 0 Å². The number of terminal acetylenes is 1. The van der Waals surface area contributed by atoms with E-state index in [1.807, 2.05) is 5.92 Å². The lowest BCUT2D eigenvalue weighted by atomic mass is 10.2. The Morgan fingerprint density at radius 3 is 2.27 bits per heavy atom. The fraction of sp³-hybridized carbons (Fsp3) is 0.154. The monoisotopic (exact) mass is 370 g/mol. The number of ether oxygens (including phenoxy) is 1. The molecule has 0 aliphatic rings. The zero-order valence-corrected chi connectivity index (χ0v) is 13.0. The van der Waals surface area contributed by atoms with Crippen LogP contribution < -0.4 is 5.73 Å². The van der Waals surface area contributed by atoms with Crippen molar-refractivity contribution < 1.29 is 17.9 Å². The Bertz CT molecular complexity index is 640. The van der Waals surface area contributed by atoms with Gasteiger partial charge in [-0.25, -0.2) is 4.99 Å². The molecule has 0 bridgehead atoms. The molecule has 9 heteroatoms. The van der Waals surface area contributed by atoms with E-state index in [0.717, 1.165) is 0 Å². The zero-order chi connectivity index (χ0) is 16.9. The normalized spacial score (nSPS) is 13.0. The van der Waals surface area contributed by atoms with Gasteiger partial charge in [-0.2, -0.15) is 13.2 Å². The fourth-order valence-corrected chi connectivity index (χ4v) is 2.21. The largest absolute Gasteiger partial charge is 0.464 e. The molecule has 0 amide bonds. The van der Waals surface area contributed by atoms with Gasteiger partial charge < -0.3 is 10.5 Å². The molecule has 118 valence electrons. The second-order valence-electron chi connectivity index (χ2n) is 3.71. The highest BCUT2D eigenvalue weighted by atomic mass is 35.5. The van der Waals surface area contributed by atoms with Gasteiger partial charge in [0.25, 0.3) is 0 Å². The van der Waals surface area contributed by atoms with Gasteiger partial charge >= 0.3 is 6.18 Å². The van der Waals surface area contributed by atoms with Crippen molar-refractivity contribution >= 4 is 46.4 Å². The van der Waals surface area contributed by atoms with E-state index in [9.17, 15) is 13.2 Å². The molecule has 1 rings (SSSR count). The van der Waals surface area contributed by atoms with Gasteiger partial charge in [-0.05, 0) is 12.1 Å². The van der Waals surface area contributed by atoms with Gasteiger partial charge in [-0.15, -0.1) is 6.42 Å². The van der Waals surface area contributed by atoms with E-state index < -0.39 is 24.3 Å². The summed E-state index contributed by atoms with van der Waals surface area (Å²) in [4.78, 5) is 3.68.